The summed E-state index contributed by atoms with van der Waals surface area (Å²) >= 11 is 1.91. The van der Waals surface area contributed by atoms with Crippen molar-refractivity contribution in [3.05, 3.63) is 157 Å². The van der Waals surface area contributed by atoms with Gasteiger partial charge in [0.05, 0.1) is 16.7 Å². The zero-order chi connectivity index (χ0) is 31.3. The van der Waals surface area contributed by atoms with Gasteiger partial charge >= 0.3 is 0 Å². The highest BCUT2D eigenvalue weighted by Crippen LogP contribution is 2.54. The maximum Gasteiger partial charge on any atom is 0.138 e. The molecular weight excluding hydrogens is 589 g/mol. The van der Waals surface area contributed by atoms with Crippen LogP contribution in [0.5, 0.6) is 0 Å². The van der Waals surface area contributed by atoms with E-state index in [9.17, 15) is 0 Å². The molecule has 0 bridgehead atoms. The van der Waals surface area contributed by atoms with Crippen molar-refractivity contribution in [3.8, 4) is 39.3 Å². The molecule has 0 N–H and O–H groups in total. The number of hydrogen-bond acceptors (Lipinski definition) is 2. The molecule has 1 aliphatic rings. The minimum atomic E-state index is -0.0861. The fourth-order valence-corrected chi connectivity index (χ4v) is 9.17. The van der Waals surface area contributed by atoms with Crippen LogP contribution in [-0.2, 0) is 5.41 Å². The summed E-state index contributed by atoms with van der Waals surface area (Å²) in [6.07, 6.45) is 0. The Hall–Kier alpha value is -5.51. The third kappa shape index (κ3) is 3.81. The van der Waals surface area contributed by atoms with Gasteiger partial charge in [-0.25, -0.2) is 4.98 Å². The van der Waals surface area contributed by atoms with Crippen LogP contribution in [0, 0.1) is 0 Å². The van der Waals surface area contributed by atoms with Crippen molar-refractivity contribution in [2.24, 2.45) is 0 Å². The molecule has 0 radical (unpaired) electrons. The summed E-state index contributed by atoms with van der Waals surface area (Å²) in [6, 6.07) is 52.9. The maximum atomic E-state index is 5.38. The molecule has 2 nitrogen and oxygen atoms in total. The normalized spacial score (nSPS) is 13.5. The summed E-state index contributed by atoms with van der Waals surface area (Å²) < 4.78 is 5.06. The predicted molar refractivity (Wildman–Crippen MR) is 200 cm³/mol. The van der Waals surface area contributed by atoms with Crippen LogP contribution in [0.2, 0.25) is 0 Å². The second-order valence-electron chi connectivity index (χ2n) is 13.2. The first-order chi connectivity index (χ1) is 23.1. The van der Waals surface area contributed by atoms with Crippen LogP contribution < -0.4 is 0 Å². The Balaban J connectivity index is 1.31. The van der Waals surface area contributed by atoms with Crippen LogP contribution in [0.1, 0.15) is 25.0 Å². The largest absolute Gasteiger partial charge is 0.294 e. The minimum absolute atomic E-state index is 0.0861. The van der Waals surface area contributed by atoms with Gasteiger partial charge < -0.3 is 0 Å². The molecule has 6 aromatic carbocycles. The van der Waals surface area contributed by atoms with Crippen molar-refractivity contribution >= 4 is 53.3 Å². The highest BCUT2D eigenvalue weighted by molar-refractivity contribution is 7.26. The van der Waals surface area contributed by atoms with Gasteiger partial charge in [-0.1, -0.05) is 123 Å². The van der Waals surface area contributed by atoms with E-state index in [4.69, 9.17) is 4.98 Å². The van der Waals surface area contributed by atoms with Crippen LogP contribution in [0.15, 0.2) is 146 Å². The van der Waals surface area contributed by atoms with E-state index in [2.05, 4.69) is 164 Å². The van der Waals surface area contributed by atoms with Gasteiger partial charge in [0.25, 0.3) is 0 Å². The Morgan fingerprint density at radius 1 is 0.532 bits per heavy atom. The minimum Gasteiger partial charge on any atom is -0.294 e. The average Bonchev–Trinajstić information content (AvgIpc) is 3.72. The van der Waals surface area contributed by atoms with Crippen LogP contribution in [0.4, 0.5) is 0 Å². The van der Waals surface area contributed by atoms with Crippen LogP contribution in [0.3, 0.4) is 0 Å². The lowest BCUT2D eigenvalue weighted by Gasteiger charge is -2.22. The zero-order valence-corrected chi connectivity index (χ0v) is 27.0. The molecule has 0 saturated heterocycles. The summed E-state index contributed by atoms with van der Waals surface area (Å²) in [4.78, 5) is 5.38. The maximum absolute atomic E-state index is 5.38. The van der Waals surface area contributed by atoms with Crippen LogP contribution in [-0.4, -0.2) is 9.55 Å². The lowest BCUT2D eigenvalue weighted by Crippen LogP contribution is -2.15. The fraction of sp³-hybridized carbons (Fsp3) is 0.0682. The highest BCUT2D eigenvalue weighted by atomic mass is 32.1. The van der Waals surface area contributed by atoms with Crippen LogP contribution in [0.25, 0.3) is 81.3 Å². The molecule has 10 rings (SSSR count). The van der Waals surface area contributed by atoms with E-state index in [0.29, 0.717) is 0 Å². The second-order valence-corrected chi connectivity index (χ2v) is 14.3. The average molecular weight is 619 g/mol. The Morgan fingerprint density at radius 2 is 1.26 bits per heavy atom. The van der Waals surface area contributed by atoms with Gasteiger partial charge in [0.15, 0.2) is 0 Å². The molecule has 0 amide bonds. The quantitative estimate of drug-likeness (QED) is 0.193. The number of thiophene rings is 1. The lowest BCUT2D eigenvalue weighted by atomic mass is 9.80. The number of para-hydroxylation sites is 1. The van der Waals surface area contributed by atoms with Gasteiger partial charge in [-0.3, -0.25) is 4.57 Å². The number of benzene rings is 6. The molecule has 0 aliphatic heterocycles. The molecule has 0 saturated carbocycles. The molecule has 0 fully saturated rings. The Morgan fingerprint density at radius 3 is 2.09 bits per heavy atom. The molecule has 3 heterocycles. The summed E-state index contributed by atoms with van der Waals surface area (Å²) in [6.45, 7) is 4.78. The van der Waals surface area contributed by atoms with E-state index in [1.54, 1.807) is 0 Å². The number of aromatic nitrogens is 2. The van der Waals surface area contributed by atoms with Gasteiger partial charge in [0.1, 0.15) is 5.82 Å². The number of hydrogen-bond donors (Lipinski definition) is 0. The third-order valence-electron chi connectivity index (χ3n) is 10.2. The van der Waals surface area contributed by atoms with E-state index >= 15 is 0 Å². The standard InChI is InChI=1S/C44H30N2S/c1-44(2)35-19-11-9-17-30(35)32-21-22-39-42(43(32)44)34-25-38-33(26-40(34)47-39)31-18-10-12-20-37(31)46(38)41-24-29(27-13-5-3-6-14-27)23-36(45-41)28-15-7-4-8-16-28/h3-26H,1-2H3. The van der Waals surface area contributed by atoms with Gasteiger partial charge in [-0.2, -0.15) is 0 Å². The van der Waals surface area contributed by atoms with Crippen molar-refractivity contribution in [1.82, 2.24) is 9.55 Å². The third-order valence-corrected chi connectivity index (χ3v) is 11.3. The summed E-state index contributed by atoms with van der Waals surface area (Å²) in [5.74, 6) is 0.924. The van der Waals surface area contributed by atoms with Crippen molar-refractivity contribution < 1.29 is 0 Å². The SMILES string of the molecule is CC1(C)c2ccccc2-c2ccc3sc4cc5c6ccccc6n(-c6cc(-c7ccccc7)cc(-c7ccccc7)n6)c5cc4c3c21. The fourth-order valence-electron chi connectivity index (χ4n) is 8.03. The number of rotatable bonds is 3. The molecule has 3 aromatic heterocycles. The topological polar surface area (TPSA) is 17.8 Å². The molecule has 47 heavy (non-hydrogen) atoms. The van der Waals surface area contributed by atoms with Gasteiger partial charge in [-0.15, -0.1) is 11.3 Å². The molecule has 3 heteroatoms. The molecule has 9 aromatic rings. The van der Waals surface area contributed by atoms with Gasteiger partial charge in [-0.05, 0) is 69.8 Å². The number of nitrogens with zero attached hydrogens (tertiary/aromatic N) is 2. The second kappa shape index (κ2) is 9.75. The van der Waals surface area contributed by atoms with Crippen molar-refractivity contribution in [3.63, 3.8) is 0 Å². The first kappa shape index (κ1) is 26.7. The van der Waals surface area contributed by atoms with Crippen molar-refractivity contribution in [2.75, 3.05) is 0 Å². The lowest BCUT2D eigenvalue weighted by molar-refractivity contribution is 0.667. The molecule has 0 atom stereocenters. The Bertz CT molecular complexity index is 2640. The van der Waals surface area contributed by atoms with E-state index in [0.717, 1.165) is 22.6 Å². The zero-order valence-electron chi connectivity index (χ0n) is 26.2. The van der Waals surface area contributed by atoms with Gasteiger partial charge in [0.2, 0.25) is 0 Å². The smallest absolute Gasteiger partial charge is 0.138 e. The van der Waals surface area contributed by atoms with Gasteiger partial charge in [0, 0.05) is 41.9 Å². The van der Waals surface area contributed by atoms with Crippen LogP contribution >= 0.6 is 11.3 Å². The predicted octanol–water partition coefficient (Wildman–Crippen LogP) is 12.2. The Labute approximate surface area is 277 Å². The van der Waals surface area contributed by atoms with E-state index < -0.39 is 0 Å². The van der Waals surface area contributed by atoms with Crippen molar-refractivity contribution in [2.45, 2.75) is 19.3 Å². The molecule has 1 aliphatic carbocycles. The summed E-state index contributed by atoms with van der Waals surface area (Å²) in [5.41, 5.74) is 12.2. The van der Waals surface area contributed by atoms with E-state index in [1.807, 2.05) is 11.3 Å². The number of pyridine rings is 1. The first-order valence-corrected chi connectivity index (χ1v) is 17.0. The van der Waals surface area contributed by atoms with E-state index in [1.165, 1.54) is 69.8 Å². The highest BCUT2D eigenvalue weighted by Gasteiger charge is 2.37. The molecule has 222 valence electrons. The monoisotopic (exact) mass is 618 g/mol. The molecule has 0 spiro atoms. The summed E-state index contributed by atoms with van der Waals surface area (Å²) in [5, 5.41) is 5.21. The Kier molecular flexibility index (Phi) is 5.53. The van der Waals surface area contributed by atoms with E-state index in [-0.39, 0.29) is 5.41 Å². The first-order valence-electron chi connectivity index (χ1n) is 16.2. The summed E-state index contributed by atoms with van der Waals surface area (Å²) in [7, 11) is 0. The molecule has 0 unspecified atom stereocenters. The van der Waals surface area contributed by atoms with Crippen molar-refractivity contribution in [1.29, 1.82) is 0 Å². The number of fused-ring (bicyclic) bond motifs is 10. The molecular formula is C44H30N2S.